The number of carbonyl (C=O) groups excluding carboxylic acids is 1. The zero-order valence-electron chi connectivity index (χ0n) is 11.3. The number of ether oxygens (including phenoxy) is 1. The van der Waals surface area contributed by atoms with Gasteiger partial charge in [-0.25, -0.2) is 0 Å². The van der Waals surface area contributed by atoms with Gasteiger partial charge in [0.05, 0.1) is 6.10 Å². The summed E-state index contributed by atoms with van der Waals surface area (Å²) in [5.74, 6) is 0.684. The topological polar surface area (TPSA) is 64.3 Å². The van der Waals surface area contributed by atoms with E-state index < -0.39 is 0 Å². The van der Waals surface area contributed by atoms with E-state index in [1.807, 2.05) is 45.0 Å². The molecule has 0 aliphatic rings. The third-order valence-electron chi connectivity index (χ3n) is 2.56. The Balaban J connectivity index is 2.46. The highest BCUT2D eigenvalue weighted by atomic mass is 16.5. The average Bonchev–Trinajstić information content (AvgIpc) is 2.36. The van der Waals surface area contributed by atoms with Crippen LogP contribution in [0, 0.1) is 5.92 Å². The summed E-state index contributed by atoms with van der Waals surface area (Å²) in [6.45, 7) is 6.68. The van der Waals surface area contributed by atoms with Crippen LogP contribution in [0.2, 0.25) is 0 Å². The van der Waals surface area contributed by atoms with Crippen LogP contribution in [0.3, 0.4) is 0 Å². The number of nitrogens with two attached hydrogens (primary N) is 1. The van der Waals surface area contributed by atoms with E-state index in [1.54, 1.807) is 0 Å². The van der Waals surface area contributed by atoms with Crippen LogP contribution in [0.5, 0.6) is 5.75 Å². The molecule has 0 radical (unpaired) electrons. The first-order valence-electron chi connectivity index (χ1n) is 6.26. The van der Waals surface area contributed by atoms with Gasteiger partial charge in [0.2, 0.25) is 5.91 Å². The Morgan fingerprint density at radius 1 is 1.28 bits per heavy atom. The van der Waals surface area contributed by atoms with Crippen LogP contribution in [0.25, 0.3) is 0 Å². The second-order valence-corrected chi connectivity index (χ2v) is 4.67. The Kier molecular flexibility index (Phi) is 5.65. The van der Waals surface area contributed by atoms with Crippen molar-refractivity contribution in [3.8, 4) is 5.75 Å². The van der Waals surface area contributed by atoms with Crippen molar-refractivity contribution < 1.29 is 9.53 Å². The molecule has 0 heterocycles. The number of nitrogens with one attached hydrogen (secondary N) is 1. The number of amides is 1. The maximum absolute atomic E-state index is 11.5. The first-order chi connectivity index (χ1) is 8.52. The number of hydrogen-bond donors (Lipinski definition) is 2. The van der Waals surface area contributed by atoms with Gasteiger partial charge in [0, 0.05) is 19.0 Å². The highest BCUT2D eigenvalue weighted by Gasteiger charge is 2.09. The monoisotopic (exact) mass is 250 g/mol. The fourth-order valence-electron chi connectivity index (χ4n) is 1.43. The lowest BCUT2D eigenvalue weighted by Crippen LogP contribution is -2.32. The number of hydrogen-bond acceptors (Lipinski definition) is 3. The predicted octanol–water partition coefficient (Wildman–Crippen LogP) is 1.68. The molecular weight excluding hydrogens is 228 g/mol. The molecule has 0 bridgehead atoms. The van der Waals surface area contributed by atoms with Crippen molar-refractivity contribution in [3.05, 3.63) is 29.8 Å². The minimum absolute atomic E-state index is 0.0139. The summed E-state index contributed by atoms with van der Waals surface area (Å²) >= 11 is 0. The van der Waals surface area contributed by atoms with Gasteiger partial charge in [-0.3, -0.25) is 4.79 Å². The van der Waals surface area contributed by atoms with Gasteiger partial charge >= 0.3 is 0 Å². The molecule has 4 heteroatoms. The highest BCUT2D eigenvalue weighted by molar-refractivity contribution is 5.78. The van der Waals surface area contributed by atoms with E-state index in [0.717, 1.165) is 11.3 Å². The molecule has 1 aromatic carbocycles. The molecule has 4 nitrogen and oxygen atoms in total. The first-order valence-corrected chi connectivity index (χ1v) is 6.26. The molecule has 0 saturated heterocycles. The second-order valence-electron chi connectivity index (χ2n) is 4.67. The lowest BCUT2D eigenvalue weighted by atomic mass is 10.1. The number of carbonyl (C=O) groups is 1. The van der Waals surface area contributed by atoms with Gasteiger partial charge < -0.3 is 15.8 Å². The average molecular weight is 250 g/mol. The van der Waals surface area contributed by atoms with E-state index in [0.29, 0.717) is 13.1 Å². The smallest absolute Gasteiger partial charge is 0.224 e. The molecule has 0 spiro atoms. The molecule has 0 aliphatic heterocycles. The van der Waals surface area contributed by atoms with Gasteiger partial charge in [0.15, 0.2) is 0 Å². The third kappa shape index (κ3) is 4.75. The van der Waals surface area contributed by atoms with Gasteiger partial charge in [-0.15, -0.1) is 0 Å². The molecule has 18 heavy (non-hydrogen) atoms. The molecule has 1 amide bonds. The largest absolute Gasteiger partial charge is 0.491 e. The van der Waals surface area contributed by atoms with Crippen molar-refractivity contribution in [1.29, 1.82) is 0 Å². The van der Waals surface area contributed by atoms with Gasteiger partial charge in [0.1, 0.15) is 5.75 Å². The Labute approximate surface area is 109 Å². The zero-order chi connectivity index (χ0) is 13.5. The van der Waals surface area contributed by atoms with E-state index in [1.165, 1.54) is 0 Å². The molecular formula is C14H22N2O2. The molecule has 0 aromatic heterocycles. The fourth-order valence-corrected chi connectivity index (χ4v) is 1.43. The third-order valence-corrected chi connectivity index (χ3v) is 2.56. The van der Waals surface area contributed by atoms with E-state index in [2.05, 4.69) is 5.32 Å². The van der Waals surface area contributed by atoms with E-state index in [-0.39, 0.29) is 17.9 Å². The molecule has 1 unspecified atom stereocenters. The van der Waals surface area contributed by atoms with Crippen LogP contribution in [-0.4, -0.2) is 18.6 Å². The molecule has 0 aliphatic carbocycles. The lowest BCUT2D eigenvalue weighted by Gasteiger charge is -2.12. The van der Waals surface area contributed by atoms with Gasteiger partial charge in [-0.05, 0) is 31.5 Å². The minimum atomic E-state index is -0.145. The minimum Gasteiger partial charge on any atom is -0.491 e. The van der Waals surface area contributed by atoms with Crippen molar-refractivity contribution in [2.75, 3.05) is 6.54 Å². The zero-order valence-corrected chi connectivity index (χ0v) is 11.3. The van der Waals surface area contributed by atoms with Crippen LogP contribution in [-0.2, 0) is 11.3 Å². The molecule has 3 N–H and O–H groups in total. The standard InChI is InChI=1S/C14H22N2O2/c1-10(2)18-13-6-4-12(5-7-13)9-16-14(17)11(3)8-15/h4-7,10-11H,8-9,15H2,1-3H3,(H,16,17). The summed E-state index contributed by atoms with van der Waals surface area (Å²) in [4.78, 5) is 11.5. The molecule has 0 fully saturated rings. The molecule has 1 rings (SSSR count). The van der Waals surface area contributed by atoms with Crippen LogP contribution >= 0.6 is 0 Å². The summed E-state index contributed by atoms with van der Waals surface area (Å²) in [7, 11) is 0. The Hall–Kier alpha value is -1.55. The van der Waals surface area contributed by atoms with Crippen molar-refractivity contribution in [2.45, 2.75) is 33.4 Å². The maximum atomic E-state index is 11.5. The molecule has 100 valence electrons. The summed E-state index contributed by atoms with van der Waals surface area (Å²) in [5.41, 5.74) is 6.48. The van der Waals surface area contributed by atoms with E-state index >= 15 is 0 Å². The van der Waals surface area contributed by atoms with E-state index in [4.69, 9.17) is 10.5 Å². The highest BCUT2D eigenvalue weighted by Crippen LogP contribution is 2.13. The Bertz CT molecular complexity index is 374. The molecule has 0 saturated carbocycles. The van der Waals surface area contributed by atoms with Crippen molar-refractivity contribution >= 4 is 5.91 Å². The summed E-state index contributed by atoms with van der Waals surface area (Å²) < 4.78 is 5.55. The summed E-state index contributed by atoms with van der Waals surface area (Å²) in [5, 5.41) is 2.85. The Morgan fingerprint density at radius 2 is 1.89 bits per heavy atom. The van der Waals surface area contributed by atoms with E-state index in [9.17, 15) is 4.79 Å². The number of rotatable bonds is 6. The normalized spacial score (nSPS) is 12.3. The van der Waals surface area contributed by atoms with Crippen molar-refractivity contribution in [2.24, 2.45) is 11.7 Å². The quantitative estimate of drug-likeness (QED) is 0.807. The SMILES string of the molecule is CC(C)Oc1ccc(CNC(=O)C(C)CN)cc1. The van der Waals surface area contributed by atoms with Gasteiger partial charge in [-0.1, -0.05) is 19.1 Å². The lowest BCUT2D eigenvalue weighted by molar-refractivity contribution is -0.124. The summed E-state index contributed by atoms with van der Waals surface area (Å²) in [6.07, 6.45) is 0.168. The Morgan fingerprint density at radius 3 is 2.39 bits per heavy atom. The van der Waals surface area contributed by atoms with Crippen molar-refractivity contribution in [3.63, 3.8) is 0 Å². The fraction of sp³-hybridized carbons (Fsp3) is 0.500. The van der Waals surface area contributed by atoms with Gasteiger partial charge in [0.25, 0.3) is 0 Å². The van der Waals surface area contributed by atoms with Crippen LogP contribution in [0.15, 0.2) is 24.3 Å². The van der Waals surface area contributed by atoms with Crippen LogP contribution in [0.4, 0.5) is 0 Å². The van der Waals surface area contributed by atoms with Crippen LogP contribution in [0.1, 0.15) is 26.3 Å². The first kappa shape index (κ1) is 14.5. The molecule has 1 aromatic rings. The van der Waals surface area contributed by atoms with Gasteiger partial charge in [-0.2, -0.15) is 0 Å². The second kappa shape index (κ2) is 7.01. The summed E-state index contributed by atoms with van der Waals surface area (Å²) in [6, 6.07) is 7.72. The van der Waals surface area contributed by atoms with Crippen molar-refractivity contribution in [1.82, 2.24) is 5.32 Å². The van der Waals surface area contributed by atoms with Crippen LogP contribution < -0.4 is 15.8 Å². The predicted molar refractivity (Wildman–Crippen MR) is 72.3 cm³/mol. The molecule has 1 atom stereocenters. The maximum Gasteiger partial charge on any atom is 0.224 e. The number of benzene rings is 1.